The van der Waals surface area contributed by atoms with Crippen LogP contribution in [0.2, 0.25) is 0 Å². The van der Waals surface area contributed by atoms with Crippen molar-refractivity contribution >= 4 is 5.57 Å². The predicted octanol–water partition coefficient (Wildman–Crippen LogP) is 2.68. The summed E-state index contributed by atoms with van der Waals surface area (Å²) in [6.07, 6.45) is 3.46. The standard InChI is InChI=1S/C13H17N/c1-10-7-11(2)9-13(8-10)12-3-5-14-6-4-12/h3,7-9,14H,4-6H2,1-2H3. The Morgan fingerprint density at radius 3 is 2.36 bits per heavy atom. The van der Waals surface area contributed by atoms with Gasteiger partial charge in [0.1, 0.15) is 0 Å². The van der Waals surface area contributed by atoms with E-state index in [0.717, 1.165) is 19.5 Å². The van der Waals surface area contributed by atoms with Crippen LogP contribution >= 0.6 is 0 Å². The fourth-order valence-electron chi connectivity index (χ4n) is 2.04. The number of rotatable bonds is 1. The quantitative estimate of drug-likeness (QED) is 0.712. The normalized spacial score (nSPS) is 16.6. The molecule has 0 atom stereocenters. The third-order valence-electron chi connectivity index (χ3n) is 2.66. The van der Waals surface area contributed by atoms with E-state index in [0.29, 0.717) is 0 Å². The molecule has 0 radical (unpaired) electrons. The summed E-state index contributed by atoms with van der Waals surface area (Å²) in [7, 11) is 0. The topological polar surface area (TPSA) is 12.0 Å². The number of hydrogen-bond acceptors (Lipinski definition) is 1. The smallest absolute Gasteiger partial charge is 0.0140 e. The van der Waals surface area contributed by atoms with Crippen LogP contribution in [0.15, 0.2) is 24.3 Å². The van der Waals surface area contributed by atoms with Gasteiger partial charge in [0, 0.05) is 6.54 Å². The van der Waals surface area contributed by atoms with Crippen molar-refractivity contribution in [3.8, 4) is 0 Å². The van der Waals surface area contributed by atoms with E-state index in [1.165, 1.54) is 22.3 Å². The number of hydrogen-bond donors (Lipinski definition) is 1. The highest BCUT2D eigenvalue weighted by Gasteiger charge is 2.05. The largest absolute Gasteiger partial charge is 0.313 e. The zero-order valence-electron chi connectivity index (χ0n) is 8.93. The molecule has 74 valence electrons. The Kier molecular flexibility index (Phi) is 2.69. The van der Waals surface area contributed by atoms with Gasteiger partial charge in [-0.05, 0) is 37.9 Å². The Balaban J connectivity index is 2.35. The molecule has 14 heavy (non-hydrogen) atoms. The molecule has 0 saturated carbocycles. The summed E-state index contributed by atoms with van der Waals surface area (Å²) in [6, 6.07) is 6.79. The molecule has 0 bridgehead atoms. The first kappa shape index (κ1) is 9.47. The van der Waals surface area contributed by atoms with Crippen molar-refractivity contribution in [1.82, 2.24) is 5.32 Å². The van der Waals surface area contributed by atoms with Crippen LogP contribution in [0.1, 0.15) is 23.1 Å². The van der Waals surface area contributed by atoms with Crippen LogP contribution in [0, 0.1) is 13.8 Å². The summed E-state index contributed by atoms with van der Waals surface area (Å²) in [6.45, 7) is 6.46. The van der Waals surface area contributed by atoms with Crippen molar-refractivity contribution in [1.29, 1.82) is 0 Å². The summed E-state index contributed by atoms with van der Waals surface area (Å²) >= 11 is 0. The zero-order chi connectivity index (χ0) is 9.97. The predicted molar refractivity (Wildman–Crippen MR) is 61.4 cm³/mol. The van der Waals surface area contributed by atoms with E-state index in [-0.39, 0.29) is 0 Å². The lowest BCUT2D eigenvalue weighted by atomic mass is 9.97. The molecule has 0 spiro atoms. The number of nitrogens with one attached hydrogen (secondary N) is 1. The molecule has 1 aromatic rings. The van der Waals surface area contributed by atoms with Gasteiger partial charge in [-0.15, -0.1) is 0 Å². The Labute approximate surface area is 85.8 Å². The van der Waals surface area contributed by atoms with Crippen LogP contribution in [0.4, 0.5) is 0 Å². The lowest BCUT2D eigenvalue weighted by molar-refractivity contribution is 0.738. The highest BCUT2D eigenvalue weighted by Crippen LogP contribution is 2.21. The fourth-order valence-corrected chi connectivity index (χ4v) is 2.04. The molecule has 1 aliphatic rings. The van der Waals surface area contributed by atoms with Crippen molar-refractivity contribution in [3.05, 3.63) is 41.0 Å². The van der Waals surface area contributed by atoms with Crippen LogP contribution in [0.25, 0.3) is 5.57 Å². The second-order valence-electron chi connectivity index (χ2n) is 4.06. The Morgan fingerprint density at radius 1 is 1.07 bits per heavy atom. The maximum Gasteiger partial charge on any atom is 0.0140 e. The molecule has 0 aliphatic carbocycles. The van der Waals surface area contributed by atoms with Gasteiger partial charge in [-0.2, -0.15) is 0 Å². The van der Waals surface area contributed by atoms with Gasteiger partial charge in [-0.1, -0.05) is 35.4 Å². The number of benzene rings is 1. The summed E-state index contributed by atoms with van der Waals surface area (Å²) in [5.74, 6) is 0. The summed E-state index contributed by atoms with van der Waals surface area (Å²) < 4.78 is 0. The molecular formula is C13H17N. The van der Waals surface area contributed by atoms with E-state index in [4.69, 9.17) is 0 Å². The van der Waals surface area contributed by atoms with Crippen LogP contribution in [-0.4, -0.2) is 13.1 Å². The summed E-state index contributed by atoms with van der Waals surface area (Å²) in [4.78, 5) is 0. The van der Waals surface area contributed by atoms with Gasteiger partial charge >= 0.3 is 0 Å². The molecule has 1 heteroatoms. The van der Waals surface area contributed by atoms with Crippen LogP contribution < -0.4 is 5.32 Å². The summed E-state index contributed by atoms with van der Waals surface area (Å²) in [5.41, 5.74) is 5.62. The highest BCUT2D eigenvalue weighted by molar-refractivity contribution is 5.67. The first-order chi connectivity index (χ1) is 6.75. The molecule has 2 rings (SSSR count). The lowest BCUT2D eigenvalue weighted by Gasteiger charge is -2.15. The van der Waals surface area contributed by atoms with Crippen molar-refractivity contribution in [2.24, 2.45) is 0 Å². The first-order valence-corrected chi connectivity index (χ1v) is 5.24. The average Bonchev–Trinajstić information content (AvgIpc) is 2.18. The van der Waals surface area contributed by atoms with Gasteiger partial charge < -0.3 is 5.32 Å². The Hall–Kier alpha value is -1.08. The third-order valence-corrected chi connectivity index (χ3v) is 2.66. The molecule has 1 N–H and O–H groups in total. The fraction of sp³-hybridized carbons (Fsp3) is 0.385. The average molecular weight is 187 g/mol. The maximum atomic E-state index is 3.34. The van der Waals surface area contributed by atoms with Gasteiger partial charge in [-0.3, -0.25) is 0 Å². The van der Waals surface area contributed by atoms with Crippen molar-refractivity contribution in [3.63, 3.8) is 0 Å². The molecular weight excluding hydrogens is 170 g/mol. The van der Waals surface area contributed by atoms with Crippen LogP contribution in [0.5, 0.6) is 0 Å². The molecule has 0 saturated heterocycles. The zero-order valence-corrected chi connectivity index (χ0v) is 8.93. The minimum atomic E-state index is 1.02. The van der Waals surface area contributed by atoms with Gasteiger partial charge in [0.05, 0.1) is 0 Å². The molecule has 0 fully saturated rings. The van der Waals surface area contributed by atoms with E-state index in [1.807, 2.05) is 0 Å². The van der Waals surface area contributed by atoms with Crippen LogP contribution in [0.3, 0.4) is 0 Å². The minimum Gasteiger partial charge on any atom is -0.313 e. The summed E-state index contributed by atoms with van der Waals surface area (Å²) in [5, 5.41) is 3.34. The molecule has 0 amide bonds. The second-order valence-corrected chi connectivity index (χ2v) is 4.06. The van der Waals surface area contributed by atoms with Crippen molar-refractivity contribution in [2.75, 3.05) is 13.1 Å². The molecule has 1 heterocycles. The Morgan fingerprint density at radius 2 is 1.79 bits per heavy atom. The maximum absolute atomic E-state index is 3.34. The Bertz CT molecular complexity index is 343. The van der Waals surface area contributed by atoms with E-state index < -0.39 is 0 Å². The van der Waals surface area contributed by atoms with Gasteiger partial charge in [-0.25, -0.2) is 0 Å². The highest BCUT2D eigenvalue weighted by atomic mass is 14.8. The van der Waals surface area contributed by atoms with E-state index in [2.05, 4.69) is 43.4 Å². The molecule has 1 nitrogen and oxygen atoms in total. The first-order valence-electron chi connectivity index (χ1n) is 5.24. The van der Waals surface area contributed by atoms with Gasteiger partial charge in [0.2, 0.25) is 0 Å². The molecule has 1 aliphatic heterocycles. The number of aryl methyl sites for hydroxylation is 2. The lowest BCUT2D eigenvalue weighted by Crippen LogP contribution is -2.20. The van der Waals surface area contributed by atoms with Crippen molar-refractivity contribution in [2.45, 2.75) is 20.3 Å². The van der Waals surface area contributed by atoms with Crippen LogP contribution in [-0.2, 0) is 0 Å². The molecule has 0 aromatic heterocycles. The minimum absolute atomic E-state index is 1.02. The monoisotopic (exact) mass is 187 g/mol. The van der Waals surface area contributed by atoms with Crippen molar-refractivity contribution < 1.29 is 0 Å². The van der Waals surface area contributed by atoms with E-state index >= 15 is 0 Å². The molecule has 0 unspecified atom stereocenters. The van der Waals surface area contributed by atoms with Gasteiger partial charge in [0.25, 0.3) is 0 Å². The molecule has 1 aromatic carbocycles. The third kappa shape index (κ3) is 2.05. The van der Waals surface area contributed by atoms with Gasteiger partial charge in [0.15, 0.2) is 0 Å². The second kappa shape index (κ2) is 3.97. The van der Waals surface area contributed by atoms with E-state index in [9.17, 15) is 0 Å². The van der Waals surface area contributed by atoms with E-state index in [1.54, 1.807) is 0 Å². The SMILES string of the molecule is Cc1cc(C)cc(C2=CCNCC2)c1.